The van der Waals surface area contributed by atoms with Gasteiger partial charge in [0, 0.05) is 30.9 Å². The van der Waals surface area contributed by atoms with Crippen molar-refractivity contribution in [2.45, 2.75) is 19.9 Å². The van der Waals surface area contributed by atoms with Crippen LogP contribution in [0.5, 0.6) is 0 Å². The van der Waals surface area contributed by atoms with Gasteiger partial charge < -0.3 is 9.80 Å². The van der Waals surface area contributed by atoms with E-state index in [-0.39, 0.29) is 24.4 Å². The molecule has 3 aromatic rings. The van der Waals surface area contributed by atoms with Gasteiger partial charge in [-0.25, -0.2) is 4.98 Å². The molecule has 6 nitrogen and oxygen atoms in total. The first kappa shape index (κ1) is 17.3. The van der Waals surface area contributed by atoms with Crippen molar-refractivity contribution in [2.75, 3.05) is 20.1 Å². The van der Waals surface area contributed by atoms with E-state index in [4.69, 9.17) is 0 Å². The summed E-state index contributed by atoms with van der Waals surface area (Å²) in [4.78, 5) is 32.7. The number of aromatic nitrogens is 2. The van der Waals surface area contributed by atoms with Crippen LogP contribution in [0.2, 0.25) is 0 Å². The largest absolute Gasteiger partial charge is 0.340 e. The Bertz CT molecular complexity index is 1040. The van der Waals surface area contributed by atoms with Crippen molar-refractivity contribution in [3.63, 3.8) is 0 Å². The molecule has 0 radical (unpaired) electrons. The number of likely N-dealkylation sites (N-methyl/N-ethyl adjacent to an activating group) is 1. The average molecular weight is 362 g/mol. The third kappa shape index (κ3) is 3.07. The summed E-state index contributed by atoms with van der Waals surface area (Å²) in [5.74, 6) is -0.165. The van der Waals surface area contributed by atoms with Crippen molar-refractivity contribution in [1.82, 2.24) is 19.4 Å². The fraction of sp³-hybridized carbons (Fsp3) is 0.286. The summed E-state index contributed by atoms with van der Waals surface area (Å²) in [7, 11) is 1.78. The number of aryl methyl sites for hydroxylation is 1. The number of benzene rings is 2. The maximum Gasteiger partial charge on any atom is 0.254 e. The number of nitrogens with zero attached hydrogens (tertiary/aromatic N) is 4. The lowest BCUT2D eigenvalue weighted by Crippen LogP contribution is -2.55. The predicted octanol–water partition coefficient (Wildman–Crippen LogP) is 2.64. The molecule has 1 fully saturated rings. The Morgan fingerprint density at radius 1 is 1.19 bits per heavy atom. The van der Waals surface area contributed by atoms with Gasteiger partial charge in [0.2, 0.25) is 5.91 Å². The van der Waals surface area contributed by atoms with E-state index in [2.05, 4.69) is 24.0 Å². The highest BCUT2D eigenvalue weighted by atomic mass is 16.2. The zero-order valence-electron chi connectivity index (χ0n) is 15.7. The van der Waals surface area contributed by atoms with E-state index in [1.165, 1.54) is 5.56 Å². The van der Waals surface area contributed by atoms with Gasteiger partial charge in [-0.2, -0.15) is 0 Å². The molecule has 1 saturated heterocycles. The van der Waals surface area contributed by atoms with Gasteiger partial charge in [-0.05, 0) is 49.7 Å². The molecule has 1 aliphatic heterocycles. The quantitative estimate of drug-likeness (QED) is 0.704. The molecular weight excluding hydrogens is 340 g/mol. The van der Waals surface area contributed by atoms with Crippen LogP contribution in [0.4, 0.5) is 0 Å². The molecule has 1 unspecified atom stereocenters. The number of hydrogen-bond donors (Lipinski definition) is 0. The third-order valence-electron chi connectivity index (χ3n) is 5.23. The van der Waals surface area contributed by atoms with Crippen molar-refractivity contribution >= 4 is 22.8 Å². The minimum absolute atomic E-state index is 0.0134. The molecule has 1 aliphatic rings. The monoisotopic (exact) mass is 362 g/mol. The molecule has 2 aromatic carbocycles. The minimum atomic E-state index is -0.129. The summed E-state index contributed by atoms with van der Waals surface area (Å²) < 4.78 is 2.01. The zero-order valence-corrected chi connectivity index (χ0v) is 15.7. The van der Waals surface area contributed by atoms with Crippen LogP contribution in [0, 0.1) is 6.92 Å². The zero-order chi connectivity index (χ0) is 19.1. The molecule has 2 heterocycles. The van der Waals surface area contributed by atoms with Crippen molar-refractivity contribution in [2.24, 2.45) is 0 Å². The second-order valence-electron chi connectivity index (χ2n) is 7.20. The number of amides is 2. The topological polar surface area (TPSA) is 58.4 Å². The summed E-state index contributed by atoms with van der Waals surface area (Å²) in [5, 5.41) is 0. The van der Waals surface area contributed by atoms with Gasteiger partial charge in [-0.3, -0.25) is 14.2 Å². The molecule has 27 heavy (non-hydrogen) atoms. The first-order chi connectivity index (χ1) is 12.9. The van der Waals surface area contributed by atoms with E-state index in [9.17, 15) is 9.59 Å². The van der Waals surface area contributed by atoms with Crippen molar-refractivity contribution in [3.8, 4) is 5.69 Å². The molecule has 4 rings (SSSR count). The van der Waals surface area contributed by atoms with Crippen LogP contribution in [-0.2, 0) is 4.79 Å². The number of fused-ring (bicyclic) bond motifs is 1. The normalized spacial score (nSPS) is 17.6. The highest BCUT2D eigenvalue weighted by molar-refractivity contribution is 5.99. The molecule has 6 heteroatoms. The Labute approximate surface area is 158 Å². The first-order valence-electron chi connectivity index (χ1n) is 9.03. The Kier molecular flexibility index (Phi) is 4.18. The number of hydrogen-bond acceptors (Lipinski definition) is 3. The van der Waals surface area contributed by atoms with E-state index in [0.717, 1.165) is 16.7 Å². The highest BCUT2D eigenvalue weighted by Crippen LogP contribution is 2.21. The molecule has 0 N–H and O–H groups in total. The fourth-order valence-electron chi connectivity index (χ4n) is 3.49. The van der Waals surface area contributed by atoms with E-state index in [0.29, 0.717) is 12.1 Å². The van der Waals surface area contributed by atoms with E-state index in [1.54, 1.807) is 29.2 Å². The number of carbonyl (C=O) groups is 2. The lowest BCUT2D eigenvalue weighted by Gasteiger charge is -2.37. The van der Waals surface area contributed by atoms with Gasteiger partial charge >= 0.3 is 0 Å². The van der Waals surface area contributed by atoms with Crippen LogP contribution in [0.15, 0.2) is 48.8 Å². The Hall–Kier alpha value is -3.15. The molecular formula is C21H22N4O2. The number of rotatable bonds is 2. The van der Waals surface area contributed by atoms with Gasteiger partial charge in [0.25, 0.3) is 5.91 Å². The molecule has 1 aromatic heterocycles. The van der Waals surface area contributed by atoms with Crippen LogP contribution >= 0.6 is 0 Å². The molecule has 2 amide bonds. The van der Waals surface area contributed by atoms with Gasteiger partial charge in [0.1, 0.15) is 12.9 Å². The van der Waals surface area contributed by atoms with Crippen LogP contribution in [0.25, 0.3) is 16.7 Å². The summed E-state index contributed by atoms with van der Waals surface area (Å²) >= 11 is 0. The number of imidazole rings is 1. The number of carbonyl (C=O) groups excluding carboxylic acids is 2. The van der Waals surface area contributed by atoms with Gasteiger partial charge in [-0.1, -0.05) is 12.1 Å². The highest BCUT2D eigenvalue weighted by Gasteiger charge is 2.30. The fourth-order valence-corrected chi connectivity index (χ4v) is 3.49. The maximum absolute atomic E-state index is 12.9. The lowest BCUT2D eigenvalue weighted by atomic mass is 10.1. The molecule has 0 aliphatic carbocycles. The summed E-state index contributed by atoms with van der Waals surface area (Å²) in [6.07, 6.45) is 1.77. The summed E-state index contributed by atoms with van der Waals surface area (Å²) in [6.45, 7) is 4.66. The number of piperazine rings is 1. The van der Waals surface area contributed by atoms with Crippen LogP contribution in [0.1, 0.15) is 22.8 Å². The van der Waals surface area contributed by atoms with Crippen molar-refractivity contribution in [3.05, 3.63) is 59.9 Å². The van der Waals surface area contributed by atoms with Crippen LogP contribution in [0.3, 0.4) is 0 Å². The molecule has 0 saturated carbocycles. The smallest absolute Gasteiger partial charge is 0.254 e. The van der Waals surface area contributed by atoms with Crippen molar-refractivity contribution < 1.29 is 9.59 Å². The Balaban J connectivity index is 1.65. The summed E-state index contributed by atoms with van der Waals surface area (Å²) in [6, 6.07) is 13.7. The van der Waals surface area contributed by atoms with Crippen LogP contribution in [-0.4, -0.2) is 57.3 Å². The van der Waals surface area contributed by atoms with E-state index in [1.807, 2.05) is 35.8 Å². The molecule has 1 atom stereocenters. The van der Waals surface area contributed by atoms with Crippen LogP contribution < -0.4 is 0 Å². The predicted molar refractivity (Wildman–Crippen MR) is 104 cm³/mol. The first-order valence-corrected chi connectivity index (χ1v) is 9.03. The summed E-state index contributed by atoms with van der Waals surface area (Å²) in [5.41, 5.74) is 4.47. The second-order valence-corrected chi connectivity index (χ2v) is 7.20. The minimum Gasteiger partial charge on any atom is -0.340 e. The third-order valence-corrected chi connectivity index (χ3v) is 5.23. The van der Waals surface area contributed by atoms with Gasteiger partial charge in [0.05, 0.1) is 11.0 Å². The van der Waals surface area contributed by atoms with Gasteiger partial charge in [-0.15, -0.1) is 0 Å². The Morgan fingerprint density at radius 3 is 2.74 bits per heavy atom. The molecule has 0 bridgehead atoms. The lowest BCUT2D eigenvalue weighted by molar-refractivity contribution is -0.136. The van der Waals surface area contributed by atoms with Gasteiger partial charge in [0.15, 0.2) is 0 Å². The average Bonchev–Trinajstić information content (AvgIpc) is 3.08. The van der Waals surface area contributed by atoms with Crippen molar-refractivity contribution in [1.29, 1.82) is 0 Å². The van der Waals surface area contributed by atoms with E-state index < -0.39 is 0 Å². The molecule has 0 spiro atoms. The van der Waals surface area contributed by atoms with E-state index >= 15 is 0 Å². The SMILES string of the molecule is Cc1cccc(-n2cnc3cc(C(=O)N4CC(=O)N(C)C(C)C4)ccc32)c1. The maximum atomic E-state index is 12.9. The standard InChI is InChI=1S/C21H22N4O2/c1-14-5-4-6-17(9-14)25-13-22-18-10-16(7-8-19(18)25)21(27)24-11-15(2)23(3)20(26)12-24/h4-10,13,15H,11-12H2,1-3H3. The second kappa shape index (κ2) is 6.54. The Morgan fingerprint density at radius 2 is 2.00 bits per heavy atom. The molecule has 138 valence electrons.